The zero-order chi connectivity index (χ0) is 10.8. The summed E-state index contributed by atoms with van der Waals surface area (Å²) >= 11 is 0. The van der Waals surface area contributed by atoms with Crippen LogP contribution in [0.1, 0.15) is 16.1 Å². The van der Waals surface area contributed by atoms with Crippen molar-refractivity contribution >= 4 is 23.2 Å². The molecule has 0 atom stereocenters. The minimum Gasteiger partial charge on any atom is -0.481 e. The average molecular weight is 203 g/mol. The molecule has 2 rings (SSSR count). The van der Waals surface area contributed by atoms with Gasteiger partial charge in [0.2, 0.25) is 0 Å². The molecular weight excluding hydrogens is 194 g/mol. The number of rotatable bonds is 3. The number of carbonyl (C=O) groups excluding carboxylic acids is 1. The molecule has 0 radical (unpaired) electrons. The Morgan fingerprint density at radius 1 is 1.40 bits per heavy atom. The second-order valence-electron chi connectivity index (χ2n) is 3.33. The van der Waals surface area contributed by atoms with E-state index >= 15 is 0 Å². The van der Waals surface area contributed by atoms with Crippen molar-refractivity contribution in [3.05, 3.63) is 35.5 Å². The van der Waals surface area contributed by atoms with Crippen molar-refractivity contribution in [3.8, 4) is 0 Å². The van der Waals surface area contributed by atoms with E-state index in [9.17, 15) is 9.59 Å². The van der Waals surface area contributed by atoms with E-state index in [1.165, 1.54) is 0 Å². The third kappa shape index (κ3) is 1.88. The van der Waals surface area contributed by atoms with Gasteiger partial charge in [0.15, 0.2) is 0 Å². The molecule has 2 N–H and O–H groups in total. The predicted octanol–water partition coefficient (Wildman–Crippen LogP) is 1.61. The zero-order valence-electron chi connectivity index (χ0n) is 7.86. The molecule has 0 amide bonds. The lowest BCUT2D eigenvalue weighted by atomic mass is 10.2. The Kier molecular flexibility index (Phi) is 2.25. The molecule has 0 aliphatic carbocycles. The highest BCUT2D eigenvalue weighted by atomic mass is 16.4. The molecule has 4 heteroatoms. The third-order valence-electron chi connectivity index (χ3n) is 2.18. The highest BCUT2D eigenvalue weighted by Gasteiger charge is 2.05. The standard InChI is InChI=1S/C11H9NO3/c13-6-7-1-2-10-8(3-7)4-9(12-10)5-11(14)15/h1-4,6,12H,5H2,(H,14,15). The van der Waals surface area contributed by atoms with Crippen molar-refractivity contribution in [1.29, 1.82) is 0 Å². The van der Waals surface area contributed by atoms with Crippen LogP contribution in [0, 0.1) is 0 Å². The third-order valence-corrected chi connectivity index (χ3v) is 2.18. The summed E-state index contributed by atoms with van der Waals surface area (Å²) in [6.07, 6.45) is 0.731. The van der Waals surface area contributed by atoms with Gasteiger partial charge in [-0.05, 0) is 24.3 Å². The van der Waals surface area contributed by atoms with Gasteiger partial charge in [-0.3, -0.25) is 9.59 Å². The van der Waals surface area contributed by atoms with Crippen LogP contribution in [-0.2, 0) is 11.2 Å². The van der Waals surface area contributed by atoms with Gasteiger partial charge in [-0.15, -0.1) is 0 Å². The summed E-state index contributed by atoms with van der Waals surface area (Å²) in [5, 5.41) is 9.47. The molecule has 76 valence electrons. The van der Waals surface area contributed by atoms with Gasteiger partial charge >= 0.3 is 5.97 Å². The molecule has 2 aromatic rings. The first kappa shape index (κ1) is 9.45. The van der Waals surface area contributed by atoms with Crippen LogP contribution in [0.3, 0.4) is 0 Å². The number of H-pyrrole nitrogens is 1. The summed E-state index contributed by atoms with van der Waals surface area (Å²) in [6, 6.07) is 6.93. The smallest absolute Gasteiger partial charge is 0.309 e. The van der Waals surface area contributed by atoms with Gasteiger partial charge in [0.25, 0.3) is 0 Å². The molecule has 0 fully saturated rings. The molecule has 0 aliphatic rings. The lowest BCUT2D eigenvalue weighted by molar-refractivity contribution is -0.136. The molecule has 1 aromatic heterocycles. The minimum atomic E-state index is -0.878. The molecule has 15 heavy (non-hydrogen) atoms. The monoisotopic (exact) mass is 203 g/mol. The topological polar surface area (TPSA) is 70.2 Å². The van der Waals surface area contributed by atoms with Gasteiger partial charge in [0.1, 0.15) is 6.29 Å². The maximum atomic E-state index is 10.5. The molecule has 1 heterocycles. The average Bonchev–Trinajstić information content (AvgIpc) is 2.57. The maximum Gasteiger partial charge on any atom is 0.309 e. The summed E-state index contributed by atoms with van der Waals surface area (Å²) in [5.74, 6) is -0.878. The first-order valence-corrected chi connectivity index (χ1v) is 4.47. The molecule has 0 saturated carbocycles. The largest absolute Gasteiger partial charge is 0.481 e. The van der Waals surface area contributed by atoms with Crippen molar-refractivity contribution in [2.24, 2.45) is 0 Å². The van der Waals surface area contributed by atoms with E-state index in [-0.39, 0.29) is 6.42 Å². The first-order valence-electron chi connectivity index (χ1n) is 4.47. The quantitative estimate of drug-likeness (QED) is 0.744. The van der Waals surface area contributed by atoms with E-state index in [1.54, 1.807) is 24.3 Å². The molecule has 0 bridgehead atoms. The first-order chi connectivity index (χ1) is 7.19. The maximum absolute atomic E-state index is 10.5. The van der Waals surface area contributed by atoms with Gasteiger partial charge < -0.3 is 10.1 Å². The Balaban J connectivity index is 2.46. The number of aliphatic carboxylic acids is 1. The van der Waals surface area contributed by atoms with Crippen LogP contribution in [0.4, 0.5) is 0 Å². The van der Waals surface area contributed by atoms with Gasteiger partial charge in [-0.25, -0.2) is 0 Å². The van der Waals surface area contributed by atoms with Crippen LogP contribution < -0.4 is 0 Å². The van der Waals surface area contributed by atoms with Crippen LogP contribution in [0.15, 0.2) is 24.3 Å². The van der Waals surface area contributed by atoms with E-state index in [4.69, 9.17) is 5.11 Å². The summed E-state index contributed by atoms with van der Waals surface area (Å²) in [6.45, 7) is 0. The normalized spacial score (nSPS) is 10.4. The Bertz CT molecular complexity index is 528. The number of aromatic nitrogens is 1. The highest BCUT2D eigenvalue weighted by Crippen LogP contribution is 2.16. The Morgan fingerprint density at radius 2 is 2.20 bits per heavy atom. The van der Waals surface area contributed by atoms with E-state index in [2.05, 4.69) is 4.98 Å². The molecular formula is C11H9NO3. The summed E-state index contributed by atoms with van der Waals surface area (Å²) in [7, 11) is 0. The molecule has 0 saturated heterocycles. The fourth-order valence-corrected chi connectivity index (χ4v) is 1.54. The number of fused-ring (bicyclic) bond motifs is 1. The number of hydrogen-bond donors (Lipinski definition) is 2. The predicted molar refractivity (Wildman–Crippen MR) is 55.0 cm³/mol. The summed E-state index contributed by atoms with van der Waals surface area (Å²) in [4.78, 5) is 24.0. The number of aldehydes is 1. The van der Waals surface area contributed by atoms with E-state index in [1.807, 2.05) is 0 Å². The van der Waals surface area contributed by atoms with Crippen LogP contribution in [0.5, 0.6) is 0 Å². The number of carbonyl (C=O) groups is 2. The molecule has 0 aliphatic heterocycles. The number of aromatic amines is 1. The number of carboxylic acids is 1. The summed E-state index contributed by atoms with van der Waals surface area (Å²) in [5.41, 5.74) is 2.07. The Hall–Kier alpha value is -2.10. The lowest BCUT2D eigenvalue weighted by Crippen LogP contribution is -1.99. The number of benzene rings is 1. The number of nitrogens with one attached hydrogen (secondary N) is 1. The minimum absolute atomic E-state index is 0.0366. The highest BCUT2D eigenvalue weighted by molar-refractivity contribution is 5.88. The fourth-order valence-electron chi connectivity index (χ4n) is 1.54. The number of hydrogen-bond acceptors (Lipinski definition) is 2. The summed E-state index contributed by atoms with van der Waals surface area (Å²) < 4.78 is 0. The Morgan fingerprint density at radius 3 is 2.87 bits per heavy atom. The van der Waals surface area contributed by atoms with Crippen molar-refractivity contribution in [2.75, 3.05) is 0 Å². The van der Waals surface area contributed by atoms with Crippen LogP contribution >= 0.6 is 0 Å². The lowest BCUT2D eigenvalue weighted by Gasteiger charge is -1.90. The van der Waals surface area contributed by atoms with Gasteiger partial charge in [-0.2, -0.15) is 0 Å². The Labute approximate surface area is 85.5 Å². The van der Waals surface area contributed by atoms with Crippen molar-refractivity contribution in [1.82, 2.24) is 4.98 Å². The molecule has 1 aromatic carbocycles. The van der Waals surface area contributed by atoms with Gasteiger partial charge in [0, 0.05) is 22.2 Å². The van der Waals surface area contributed by atoms with Crippen molar-refractivity contribution in [3.63, 3.8) is 0 Å². The van der Waals surface area contributed by atoms with Crippen LogP contribution in [0.2, 0.25) is 0 Å². The molecule has 0 unspecified atom stereocenters. The second kappa shape index (κ2) is 3.57. The van der Waals surface area contributed by atoms with Crippen molar-refractivity contribution < 1.29 is 14.7 Å². The van der Waals surface area contributed by atoms with Gasteiger partial charge in [-0.1, -0.05) is 0 Å². The van der Waals surface area contributed by atoms with Crippen LogP contribution in [-0.4, -0.2) is 22.3 Å². The SMILES string of the molecule is O=Cc1ccc2[nH]c(CC(=O)O)cc2c1. The fraction of sp³-hybridized carbons (Fsp3) is 0.0909. The number of carboxylic acid groups (broad SMARTS) is 1. The van der Waals surface area contributed by atoms with E-state index in [0.29, 0.717) is 11.3 Å². The van der Waals surface area contributed by atoms with Crippen LogP contribution in [0.25, 0.3) is 10.9 Å². The molecule has 4 nitrogen and oxygen atoms in total. The van der Waals surface area contributed by atoms with E-state index < -0.39 is 5.97 Å². The second-order valence-corrected chi connectivity index (χ2v) is 3.33. The van der Waals surface area contributed by atoms with Crippen molar-refractivity contribution in [2.45, 2.75) is 6.42 Å². The van der Waals surface area contributed by atoms with E-state index in [0.717, 1.165) is 17.2 Å². The molecule has 0 spiro atoms. The van der Waals surface area contributed by atoms with Gasteiger partial charge in [0.05, 0.1) is 6.42 Å². The zero-order valence-corrected chi connectivity index (χ0v) is 7.86.